The number of morpholine rings is 1. The molecule has 29 heavy (non-hydrogen) atoms. The maximum absolute atomic E-state index is 5.76. The molecule has 164 valence electrons. The molecule has 2 fully saturated rings. The van der Waals surface area contributed by atoms with Crippen molar-refractivity contribution < 1.29 is 9.47 Å². The Morgan fingerprint density at radius 3 is 2.93 bits per heavy atom. The monoisotopic (exact) mass is 422 g/mol. The first-order valence-corrected chi connectivity index (χ1v) is 11.9. The van der Waals surface area contributed by atoms with Gasteiger partial charge in [-0.05, 0) is 50.0 Å². The summed E-state index contributed by atoms with van der Waals surface area (Å²) in [6.07, 6.45) is 5.24. The Morgan fingerprint density at radius 2 is 2.31 bits per heavy atom. The fourth-order valence-electron chi connectivity index (χ4n) is 4.28. The SMILES string of the molecule is CCNC(=NCC1(CCOC)CCC1)NCC(c1cccs1)N1CCOC(C)C1. The molecule has 3 rings (SSSR count). The molecule has 1 aromatic rings. The Morgan fingerprint density at radius 1 is 1.45 bits per heavy atom. The van der Waals surface area contributed by atoms with Crippen LogP contribution in [0.1, 0.15) is 50.4 Å². The number of rotatable bonds is 10. The highest BCUT2D eigenvalue weighted by molar-refractivity contribution is 7.10. The van der Waals surface area contributed by atoms with Crippen molar-refractivity contribution in [3.05, 3.63) is 22.4 Å². The zero-order valence-corrected chi connectivity index (χ0v) is 19.1. The zero-order valence-electron chi connectivity index (χ0n) is 18.3. The minimum absolute atomic E-state index is 0.285. The Balaban J connectivity index is 1.63. The van der Waals surface area contributed by atoms with Crippen LogP contribution in [0.3, 0.4) is 0 Å². The van der Waals surface area contributed by atoms with Crippen molar-refractivity contribution in [3.8, 4) is 0 Å². The lowest BCUT2D eigenvalue weighted by molar-refractivity contribution is -0.0334. The first-order valence-electron chi connectivity index (χ1n) is 11.1. The van der Waals surface area contributed by atoms with Gasteiger partial charge in [0.2, 0.25) is 0 Å². The number of hydrogen-bond acceptors (Lipinski definition) is 5. The van der Waals surface area contributed by atoms with Crippen molar-refractivity contribution in [2.75, 3.05) is 53.0 Å². The average Bonchev–Trinajstić information content (AvgIpc) is 3.21. The van der Waals surface area contributed by atoms with Crippen LogP contribution in [-0.4, -0.2) is 70.0 Å². The number of hydrogen-bond donors (Lipinski definition) is 2. The van der Waals surface area contributed by atoms with Crippen LogP contribution in [0.25, 0.3) is 0 Å². The molecular formula is C22H38N4O2S. The molecule has 2 atom stereocenters. The third-order valence-electron chi connectivity index (χ3n) is 6.22. The number of methoxy groups -OCH3 is 1. The topological polar surface area (TPSA) is 58.1 Å². The van der Waals surface area contributed by atoms with E-state index < -0.39 is 0 Å². The van der Waals surface area contributed by atoms with Crippen LogP contribution in [0.2, 0.25) is 0 Å². The first-order chi connectivity index (χ1) is 14.2. The molecule has 2 unspecified atom stereocenters. The van der Waals surface area contributed by atoms with Gasteiger partial charge in [0, 0.05) is 51.3 Å². The number of thiophene rings is 1. The van der Waals surface area contributed by atoms with Crippen LogP contribution in [0, 0.1) is 5.41 Å². The van der Waals surface area contributed by atoms with Crippen LogP contribution < -0.4 is 10.6 Å². The lowest BCUT2D eigenvalue weighted by atomic mass is 9.67. The number of ether oxygens (including phenoxy) is 2. The van der Waals surface area contributed by atoms with E-state index in [0.29, 0.717) is 11.5 Å². The van der Waals surface area contributed by atoms with Crippen molar-refractivity contribution in [2.45, 2.75) is 51.7 Å². The minimum atomic E-state index is 0.285. The van der Waals surface area contributed by atoms with Gasteiger partial charge >= 0.3 is 0 Å². The van der Waals surface area contributed by atoms with Gasteiger partial charge in [0.25, 0.3) is 0 Å². The number of nitrogens with zero attached hydrogens (tertiary/aromatic N) is 2. The molecule has 0 amide bonds. The maximum Gasteiger partial charge on any atom is 0.191 e. The molecule has 2 heterocycles. The van der Waals surface area contributed by atoms with Crippen molar-refractivity contribution >= 4 is 17.3 Å². The third kappa shape index (κ3) is 6.41. The highest BCUT2D eigenvalue weighted by Crippen LogP contribution is 2.44. The standard InChI is InChI=1S/C22H38N4O2S/c1-4-23-21(25-17-22(8-6-9-22)10-12-27-3)24-15-19(20-7-5-14-29-20)26-11-13-28-18(2)16-26/h5,7,14,18-19H,4,6,8-13,15-17H2,1-3H3,(H2,23,24,25). The molecule has 0 spiro atoms. The predicted molar refractivity (Wildman–Crippen MR) is 121 cm³/mol. The molecule has 1 aromatic heterocycles. The van der Waals surface area contributed by atoms with Gasteiger partial charge in [0.15, 0.2) is 5.96 Å². The summed E-state index contributed by atoms with van der Waals surface area (Å²) in [6.45, 7) is 10.5. The number of nitrogens with one attached hydrogen (secondary N) is 2. The van der Waals surface area contributed by atoms with Crippen LogP contribution in [0.5, 0.6) is 0 Å². The molecule has 7 heteroatoms. The smallest absolute Gasteiger partial charge is 0.191 e. The largest absolute Gasteiger partial charge is 0.385 e. The van der Waals surface area contributed by atoms with Gasteiger partial charge in [-0.15, -0.1) is 11.3 Å². The van der Waals surface area contributed by atoms with Gasteiger partial charge in [-0.2, -0.15) is 0 Å². The highest BCUT2D eigenvalue weighted by atomic mass is 32.1. The van der Waals surface area contributed by atoms with E-state index in [1.54, 1.807) is 7.11 Å². The molecule has 2 aliphatic rings. The molecule has 2 N–H and O–H groups in total. The van der Waals surface area contributed by atoms with Gasteiger partial charge in [-0.25, -0.2) is 0 Å². The fourth-order valence-corrected chi connectivity index (χ4v) is 5.14. The summed E-state index contributed by atoms with van der Waals surface area (Å²) in [5.74, 6) is 0.930. The van der Waals surface area contributed by atoms with Crippen molar-refractivity contribution in [1.82, 2.24) is 15.5 Å². The highest BCUT2D eigenvalue weighted by Gasteiger charge is 2.36. The summed E-state index contributed by atoms with van der Waals surface area (Å²) >= 11 is 1.83. The Labute approximate surface area is 180 Å². The van der Waals surface area contributed by atoms with Crippen LogP contribution >= 0.6 is 11.3 Å². The summed E-state index contributed by atoms with van der Waals surface area (Å²) in [7, 11) is 1.79. The Kier molecular flexibility index (Phi) is 8.78. The van der Waals surface area contributed by atoms with Gasteiger partial charge in [-0.1, -0.05) is 12.5 Å². The van der Waals surface area contributed by atoms with E-state index in [1.807, 2.05) is 11.3 Å². The van der Waals surface area contributed by atoms with Gasteiger partial charge in [0.05, 0.1) is 18.8 Å². The zero-order chi connectivity index (χ0) is 20.5. The molecule has 1 aliphatic carbocycles. The van der Waals surface area contributed by atoms with Crippen LogP contribution in [0.15, 0.2) is 22.5 Å². The van der Waals surface area contributed by atoms with E-state index in [2.05, 4.69) is 46.9 Å². The summed E-state index contributed by atoms with van der Waals surface area (Å²) < 4.78 is 11.1. The van der Waals surface area contributed by atoms with E-state index in [1.165, 1.54) is 24.1 Å². The molecular weight excluding hydrogens is 384 g/mol. The van der Waals surface area contributed by atoms with Crippen molar-refractivity contribution in [3.63, 3.8) is 0 Å². The molecule has 1 aliphatic heterocycles. The van der Waals surface area contributed by atoms with E-state index in [9.17, 15) is 0 Å². The summed E-state index contributed by atoms with van der Waals surface area (Å²) in [5, 5.41) is 9.24. The second-order valence-electron chi connectivity index (χ2n) is 8.38. The summed E-state index contributed by atoms with van der Waals surface area (Å²) in [4.78, 5) is 8.92. The lowest BCUT2D eigenvalue weighted by Gasteiger charge is -2.41. The molecule has 1 saturated carbocycles. The quantitative estimate of drug-likeness (QED) is 0.448. The van der Waals surface area contributed by atoms with Gasteiger partial charge < -0.3 is 20.1 Å². The van der Waals surface area contributed by atoms with E-state index in [-0.39, 0.29) is 6.10 Å². The number of guanidine groups is 1. The third-order valence-corrected chi connectivity index (χ3v) is 7.19. The average molecular weight is 423 g/mol. The minimum Gasteiger partial charge on any atom is -0.385 e. The molecule has 0 radical (unpaired) electrons. The Hall–Kier alpha value is -1.15. The van der Waals surface area contributed by atoms with Gasteiger partial charge in [-0.3, -0.25) is 9.89 Å². The summed E-state index contributed by atoms with van der Waals surface area (Å²) in [5.41, 5.74) is 0.338. The predicted octanol–water partition coefficient (Wildman–Crippen LogP) is 3.27. The fraction of sp³-hybridized carbons (Fsp3) is 0.773. The van der Waals surface area contributed by atoms with Crippen LogP contribution in [-0.2, 0) is 9.47 Å². The maximum atomic E-state index is 5.76. The molecule has 6 nitrogen and oxygen atoms in total. The second kappa shape index (κ2) is 11.3. The van der Waals surface area contributed by atoms with Crippen LogP contribution in [0.4, 0.5) is 0 Å². The van der Waals surface area contributed by atoms with Crippen molar-refractivity contribution in [1.29, 1.82) is 0 Å². The second-order valence-corrected chi connectivity index (χ2v) is 9.36. The summed E-state index contributed by atoms with van der Waals surface area (Å²) in [6, 6.07) is 4.73. The van der Waals surface area contributed by atoms with E-state index in [4.69, 9.17) is 14.5 Å². The van der Waals surface area contributed by atoms with E-state index in [0.717, 1.165) is 58.3 Å². The van der Waals surface area contributed by atoms with Gasteiger partial charge in [0.1, 0.15) is 0 Å². The van der Waals surface area contributed by atoms with Crippen molar-refractivity contribution in [2.24, 2.45) is 10.4 Å². The Bertz CT molecular complexity index is 618. The normalized spacial score (nSPS) is 23.4. The lowest BCUT2D eigenvalue weighted by Crippen LogP contribution is -2.48. The molecule has 0 aromatic carbocycles. The first kappa shape index (κ1) is 22.5. The number of aliphatic imine (C=N–C) groups is 1. The molecule has 0 bridgehead atoms. The van der Waals surface area contributed by atoms with E-state index >= 15 is 0 Å². The molecule has 1 saturated heterocycles.